The van der Waals surface area contributed by atoms with Crippen LogP contribution in [-0.4, -0.2) is 30.9 Å². The third-order valence-corrected chi connectivity index (χ3v) is 6.28. The van der Waals surface area contributed by atoms with E-state index in [1.54, 1.807) is 19.9 Å². The van der Waals surface area contributed by atoms with Crippen LogP contribution in [0.25, 0.3) is 0 Å². The van der Waals surface area contributed by atoms with Crippen LogP contribution in [0, 0.1) is 13.8 Å². The molecule has 1 aromatic heterocycles. The summed E-state index contributed by atoms with van der Waals surface area (Å²) in [6.45, 7) is 5.29. The maximum Gasteiger partial charge on any atom is 0.263 e. The predicted molar refractivity (Wildman–Crippen MR) is 126 cm³/mol. The van der Waals surface area contributed by atoms with Crippen molar-refractivity contribution in [3.8, 4) is 5.75 Å². The quantitative estimate of drug-likeness (QED) is 0.461. The Bertz CT molecular complexity index is 1210. The van der Waals surface area contributed by atoms with E-state index in [2.05, 4.69) is 35.9 Å². The Morgan fingerprint density at radius 1 is 1.06 bits per heavy atom. The lowest BCUT2D eigenvalue weighted by atomic mass is 10.1. The molecule has 1 heterocycles. The predicted octanol–water partition coefficient (Wildman–Crippen LogP) is 4.24. The van der Waals surface area contributed by atoms with E-state index in [0.29, 0.717) is 23.0 Å². The highest BCUT2D eigenvalue weighted by molar-refractivity contribution is 9.10. The van der Waals surface area contributed by atoms with Crippen molar-refractivity contribution in [3.05, 3.63) is 70.1 Å². The van der Waals surface area contributed by atoms with Crippen molar-refractivity contribution in [3.63, 3.8) is 0 Å². The minimum absolute atomic E-state index is 0.0446. The number of carbonyl (C=O) groups excluding carboxylic acids is 1. The highest BCUT2D eigenvalue weighted by Gasteiger charge is 2.16. The summed E-state index contributed by atoms with van der Waals surface area (Å²) < 4.78 is 34.3. The molecule has 3 aromatic rings. The van der Waals surface area contributed by atoms with Gasteiger partial charge >= 0.3 is 0 Å². The van der Waals surface area contributed by atoms with Crippen LogP contribution in [0.4, 0.5) is 11.5 Å². The van der Waals surface area contributed by atoms with E-state index in [4.69, 9.17) is 4.74 Å². The minimum atomic E-state index is -3.83. The number of ether oxygens (including phenoxy) is 1. The van der Waals surface area contributed by atoms with Gasteiger partial charge in [-0.3, -0.25) is 9.52 Å². The summed E-state index contributed by atoms with van der Waals surface area (Å²) in [6, 6.07) is 13.0. The summed E-state index contributed by atoms with van der Waals surface area (Å²) in [7, 11) is -3.83. The number of aryl methyl sites for hydroxylation is 3. The molecule has 0 radical (unpaired) electrons. The molecule has 2 N–H and O–H groups in total. The average molecular weight is 519 g/mol. The molecule has 0 unspecified atom stereocenters. The molecule has 0 aliphatic heterocycles. The second kappa shape index (κ2) is 10.1. The fourth-order valence-electron chi connectivity index (χ4n) is 2.99. The molecule has 0 saturated carbocycles. The molecule has 0 aliphatic rings. The number of nitrogens with one attached hydrogen (secondary N) is 2. The molecule has 0 fully saturated rings. The van der Waals surface area contributed by atoms with Gasteiger partial charge in [0.05, 0.1) is 4.90 Å². The van der Waals surface area contributed by atoms with Crippen molar-refractivity contribution in [2.75, 3.05) is 16.6 Å². The summed E-state index contributed by atoms with van der Waals surface area (Å²) in [5.74, 6) is 0.963. The number of nitrogens with zero attached hydrogens (tertiary/aromatic N) is 2. The molecule has 0 aliphatic carbocycles. The van der Waals surface area contributed by atoms with Gasteiger partial charge in [0.15, 0.2) is 6.61 Å². The van der Waals surface area contributed by atoms with Gasteiger partial charge in [-0.25, -0.2) is 18.4 Å². The molecule has 0 saturated heterocycles. The van der Waals surface area contributed by atoms with Gasteiger partial charge in [0, 0.05) is 21.9 Å². The zero-order valence-electron chi connectivity index (χ0n) is 17.8. The largest absolute Gasteiger partial charge is 0.483 e. The van der Waals surface area contributed by atoms with Gasteiger partial charge in [-0.2, -0.15) is 0 Å². The molecular weight excluding hydrogens is 496 g/mol. The van der Waals surface area contributed by atoms with Gasteiger partial charge < -0.3 is 10.1 Å². The lowest BCUT2D eigenvalue weighted by Crippen LogP contribution is -2.20. The first-order valence-electron chi connectivity index (χ1n) is 9.82. The van der Waals surface area contributed by atoms with Crippen molar-refractivity contribution in [1.82, 2.24) is 9.97 Å². The van der Waals surface area contributed by atoms with Gasteiger partial charge in [-0.15, -0.1) is 0 Å². The van der Waals surface area contributed by atoms with Crippen molar-refractivity contribution in [2.24, 2.45) is 0 Å². The summed E-state index contributed by atoms with van der Waals surface area (Å²) >= 11 is 3.42. The molecule has 1 amide bonds. The van der Waals surface area contributed by atoms with Gasteiger partial charge in [-0.1, -0.05) is 22.9 Å². The van der Waals surface area contributed by atoms with Crippen LogP contribution in [0.3, 0.4) is 0 Å². The molecule has 0 spiro atoms. The van der Waals surface area contributed by atoms with Crippen LogP contribution in [-0.2, 0) is 21.2 Å². The number of anilines is 2. The SMILES string of the molecule is CCc1cc(Br)ccc1OCC(=O)Nc1ccc(S(=O)(=O)Nc2cc(C)nc(C)n2)cc1. The van der Waals surface area contributed by atoms with Gasteiger partial charge in [0.2, 0.25) is 0 Å². The maximum atomic E-state index is 12.6. The zero-order chi connectivity index (χ0) is 23.3. The Hall–Kier alpha value is -2.98. The van der Waals surface area contributed by atoms with E-state index in [1.807, 2.05) is 25.1 Å². The number of aromatic nitrogens is 2. The van der Waals surface area contributed by atoms with E-state index in [9.17, 15) is 13.2 Å². The van der Waals surface area contributed by atoms with Crippen molar-refractivity contribution in [2.45, 2.75) is 32.1 Å². The molecule has 0 atom stereocenters. The van der Waals surface area contributed by atoms with Gasteiger partial charge in [0.1, 0.15) is 17.4 Å². The van der Waals surface area contributed by atoms with E-state index in [0.717, 1.165) is 16.5 Å². The number of hydrogen-bond donors (Lipinski definition) is 2. The molecule has 168 valence electrons. The Kier molecular flexibility index (Phi) is 7.47. The number of hydrogen-bond acceptors (Lipinski definition) is 6. The maximum absolute atomic E-state index is 12.6. The molecule has 0 bridgehead atoms. The molecular formula is C22H23BrN4O4S. The molecule has 8 nitrogen and oxygen atoms in total. The van der Waals surface area contributed by atoms with Crippen molar-refractivity contribution >= 4 is 43.4 Å². The first kappa shape index (κ1) is 23.7. The number of amides is 1. The summed E-state index contributed by atoms with van der Waals surface area (Å²) in [5.41, 5.74) is 2.10. The highest BCUT2D eigenvalue weighted by Crippen LogP contribution is 2.24. The second-order valence-electron chi connectivity index (χ2n) is 7.01. The first-order valence-corrected chi connectivity index (χ1v) is 12.1. The monoisotopic (exact) mass is 518 g/mol. The number of carbonyl (C=O) groups is 1. The standard InChI is InChI=1S/C22H23BrN4O4S/c1-4-16-12-17(23)5-10-20(16)31-13-22(28)26-18-6-8-19(9-7-18)32(29,30)27-21-11-14(2)24-15(3)25-21/h5-12H,4,13H2,1-3H3,(H,26,28)(H,24,25,27). The summed E-state index contributed by atoms with van der Waals surface area (Å²) in [4.78, 5) is 20.5. The van der Waals surface area contributed by atoms with Crippen LogP contribution in [0.15, 0.2) is 57.9 Å². The lowest BCUT2D eigenvalue weighted by Gasteiger charge is -2.12. The zero-order valence-corrected chi connectivity index (χ0v) is 20.2. The smallest absolute Gasteiger partial charge is 0.263 e. The van der Waals surface area contributed by atoms with Crippen LogP contribution in [0.1, 0.15) is 24.0 Å². The second-order valence-corrected chi connectivity index (χ2v) is 9.61. The lowest BCUT2D eigenvalue weighted by molar-refractivity contribution is -0.118. The molecule has 10 heteroatoms. The number of benzene rings is 2. The van der Waals surface area contributed by atoms with Crippen LogP contribution in [0.5, 0.6) is 5.75 Å². The summed E-state index contributed by atoms with van der Waals surface area (Å²) in [6.07, 6.45) is 0.772. The van der Waals surface area contributed by atoms with Gasteiger partial charge in [0.25, 0.3) is 15.9 Å². The van der Waals surface area contributed by atoms with E-state index < -0.39 is 10.0 Å². The first-order chi connectivity index (χ1) is 15.2. The normalized spacial score (nSPS) is 11.1. The third kappa shape index (κ3) is 6.27. The topological polar surface area (TPSA) is 110 Å². The van der Waals surface area contributed by atoms with Crippen molar-refractivity contribution < 1.29 is 17.9 Å². The Balaban J connectivity index is 1.62. The Morgan fingerprint density at radius 3 is 2.44 bits per heavy atom. The Labute approximate surface area is 195 Å². The van der Waals surface area contributed by atoms with E-state index >= 15 is 0 Å². The molecule has 32 heavy (non-hydrogen) atoms. The van der Waals surface area contributed by atoms with E-state index in [-0.39, 0.29) is 23.2 Å². The fourth-order valence-corrected chi connectivity index (χ4v) is 4.39. The average Bonchev–Trinajstić information content (AvgIpc) is 2.72. The molecule has 3 rings (SSSR count). The highest BCUT2D eigenvalue weighted by atomic mass is 79.9. The van der Waals surface area contributed by atoms with Crippen LogP contribution >= 0.6 is 15.9 Å². The van der Waals surface area contributed by atoms with Crippen molar-refractivity contribution in [1.29, 1.82) is 0 Å². The Morgan fingerprint density at radius 2 is 1.78 bits per heavy atom. The number of halogens is 1. The summed E-state index contributed by atoms with van der Waals surface area (Å²) in [5, 5.41) is 2.70. The fraction of sp³-hybridized carbons (Fsp3) is 0.227. The van der Waals surface area contributed by atoms with Gasteiger partial charge in [-0.05, 0) is 68.3 Å². The van der Waals surface area contributed by atoms with E-state index in [1.165, 1.54) is 24.3 Å². The number of sulfonamides is 1. The molecule has 2 aromatic carbocycles. The minimum Gasteiger partial charge on any atom is -0.483 e. The third-order valence-electron chi connectivity index (χ3n) is 4.42. The number of rotatable bonds is 8. The van der Waals surface area contributed by atoms with Crippen LogP contribution < -0.4 is 14.8 Å². The van der Waals surface area contributed by atoms with Crippen LogP contribution in [0.2, 0.25) is 0 Å².